The van der Waals surface area contributed by atoms with Crippen LogP contribution in [0.25, 0.3) is 5.65 Å². The summed E-state index contributed by atoms with van der Waals surface area (Å²) in [6, 6.07) is 12.4. The van der Waals surface area contributed by atoms with Gasteiger partial charge >= 0.3 is 6.09 Å². The van der Waals surface area contributed by atoms with E-state index >= 15 is 0 Å². The average molecular weight is 432 g/mol. The van der Waals surface area contributed by atoms with E-state index < -0.39 is 11.7 Å². The molecule has 9 heteroatoms. The number of carbonyl (C=O) groups is 2. The van der Waals surface area contributed by atoms with Crippen molar-refractivity contribution in [2.75, 3.05) is 10.6 Å². The Morgan fingerprint density at radius 3 is 2.66 bits per heavy atom. The Morgan fingerprint density at radius 2 is 1.88 bits per heavy atom. The van der Waals surface area contributed by atoms with Gasteiger partial charge in [0.15, 0.2) is 0 Å². The van der Waals surface area contributed by atoms with Gasteiger partial charge in [-0.1, -0.05) is 12.1 Å². The van der Waals surface area contributed by atoms with Crippen molar-refractivity contribution in [1.29, 1.82) is 0 Å². The second-order valence-corrected chi connectivity index (χ2v) is 8.29. The standard InChI is InChI=1S/C23H24N6O3/c1-23(2,3)32-22(31)27-17-8-6-7-16(11-17)21(30)26-18-12-24-29(14-18)15-19-13-28-10-5-4-9-20(28)25-19/h4-14H,15H2,1-3H3,(H,26,30)(H,27,31). The molecule has 0 aliphatic carbocycles. The maximum absolute atomic E-state index is 12.7. The van der Waals surface area contributed by atoms with E-state index in [-0.39, 0.29) is 5.91 Å². The van der Waals surface area contributed by atoms with Crippen LogP contribution >= 0.6 is 0 Å². The molecule has 3 heterocycles. The minimum absolute atomic E-state index is 0.315. The van der Waals surface area contributed by atoms with Crippen molar-refractivity contribution in [2.24, 2.45) is 0 Å². The minimum Gasteiger partial charge on any atom is -0.444 e. The van der Waals surface area contributed by atoms with Gasteiger partial charge in [-0.25, -0.2) is 9.78 Å². The van der Waals surface area contributed by atoms with E-state index in [1.54, 1.807) is 62.1 Å². The Balaban J connectivity index is 1.39. The second kappa shape index (κ2) is 8.54. The maximum Gasteiger partial charge on any atom is 0.412 e. The predicted molar refractivity (Wildman–Crippen MR) is 121 cm³/mol. The molecule has 32 heavy (non-hydrogen) atoms. The Morgan fingerprint density at radius 1 is 1.03 bits per heavy atom. The van der Waals surface area contributed by atoms with Crippen LogP contribution in [0.4, 0.5) is 16.2 Å². The highest BCUT2D eigenvalue weighted by Crippen LogP contribution is 2.16. The summed E-state index contributed by atoms with van der Waals surface area (Å²) in [7, 11) is 0. The summed E-state index contributed by atoms with van der Waals surface area (Å²) in [6.45, 7) is 5.83. The van der Waals surface area contributed by atoms with Crippen LogP contribution in [-0.2, 0) is 11.3 Å². The number of fused-ring (bicyclic) bond motifs is 1. The van der Waals surface area contributed by atoms with E-state index in [0.717, 1.165) is 11.3 Å². The van der Waals surface area contributed by atoms with Gasteiger partial charge in [-0.05, 0) is 51.1 Å². The monoisotopic (exact) mass is 432 g/mol. The molecule has 0 aliphatic heterocycles. The minimum atomic E-state index is -0.609. The highest BCUT2D eigenvalue weighted by molar-refractivity contribution is 6.05. The van der Waals surface area contributed by atoms with E-state index in [1.807, 2.05) is 35.0 Å². The maximum atomic E-state index is 12.7. The van der Waals surface area contributed by atoms with Crippen LogP contribution in [0.2, 0.25) is 0 Å². The van der Waals surface area contributed by atoms with Crippen molar-refractivity contribution in [2.45, 2.75) is 32.9 Å². The molecule has 0 unspecified atom stereocenters. The zero-order valence-corrected chi connectivity index (χ0v) is 18.1. The lowest BCUT2D eigenvalue weighted by Crippen LogP contribution is -2.27. The number of amides is 2. The van der Waals surface area contributed by atoms with Crippen LogP contribution in [0.1, 0.15) is 36.8 Å². The van der Waals surface area contributed by atoms with Crippen molar-refractivity contribution in [3.8, 4) is 0 Å². The molecule has 3 aromatic heterocycles. The van der Waals surface area contributed by atoms with E-state index in [4.69, 9.17) is 4.74 Å². The smallest absolute Gasteiger partial charge is 0.412 e. The van der Waals surface area contributed by atoms with Crippen molar-refractivity contribution in [3.05, 3.63) is 78.5 Å². The number of carbonyl (C=O) groups excluding carboxylic acids is 2. The third-order valence-corrected chi connectivity index (χ3v) is 4.40. The number of nitrogens with zero attached hydrogens (tertiary/aromatic N) is 4. The molecule has 0 aliphatic rings. The zero-order chi connectivity index (χ0) is 22.7. The van der Waals surface area contributed by atoms with Gasteiger partial charge in [-0.2, -0.15) is 5.10 Å². The number of ether oxygens (including phenoxy) is 1. The lowest BCUT2D eigenvalue weighted by atomic mass is 10.2. The molecule has 0 atom stereocenters. The van der Waals surface area contributed by atoms with Crippen LogP contribution in [-0.4, -0.2) is 36.8 Å². The van der Waals surface area contributed by atoms with Crippen molar-refractivity contribution < 1.29 is 14.3 Å². The van der Waals surface area contributed by atoms with Crippen molar-refractivity contribution >= 4 is 29.0 Å². The van der Waals surface area contributed by atoms with Gasteiger partial charge in [-0.15, -0.1) is 0 Å². The van der Waals surface area contributed by atoms with E-state index in [0.29, 0.717) is 23.5 Å². The lowest BCUT2D eigenvalue weighted by molar-refractivity contribution is 0.0635. The largest absolute Gasteiger partial charge is 0.444 e. The van der Waals surface area contributed by atoms with Gasteiger partial charge < -0.3 is 14.5 Å². The number of hydrogen-bond donors (Lipinski definition) is 2. The Hall–Kier alpha value is -4.14. The van der Waals surface area contributed by atoms with Gasteiger partial charge in [0.1, 0.15) is 11.2 Å². The lowest BCUT2D eigenvalue weighted by Gasteiger charge is -2.19. The first kappa shape index (κ1) is 21.1. The first-order valence-corrected chi connectivity index (χ1v) is 10.1. The summed E-state index contributed by atoms with van der Waals surface area (Å²) in [6.07, 6.45) is 6.62. The fourth-order valence-electron chi connectivity index (χ4n) is 3.11. The number of aromatic nitrogens is 4. The molecule has 2 N–H and O–H groups in total. The third-order valence-electron chi connectivity index (χ3n) is 4.40. The van der Waals surface area contributed by atoms with Gasteiger partial charge in [0.2, 0.25) is 0 Å². The normalized spacial score (nSPS) is 11.3. The van der Waals surface area contributed by atoms with Gasteiger partial charge in [0, 0.05) is 29.8 Å². The summed E-state index contributed by atoms with van der Waals surface area (Å²) >= 11 is 0. The van der Waals surface area contributed by atoms with E-state index in [9.17, 15) is 9.59 Å². The zero-order valence-electron chi connectivity index (χ0n) is 18.1. The average Bonchev–Trinajstić information content (AvgIpc) is 3.32. The first-order valence-electron chi connectivity index (χ1n) is 10.1. The van der Waals surface area contributed by atoms with E-state index in [1.165, 1.54) is 0 Å². The molecule has 4 aromatic rings. The van der Waals surface area contributed by atoms with Gasteiger partial charge in [-0.3, -0.25) is 14.8 Å². The molecule has 9 nitrogen and oxygen atoms in total. The molecule has 2 amide bonds. The number of hydrogen-bond acceptors (Lipinski definition) is 5. The summed E-state index contributed by atoms with van der Waals surface area (Å²) < 4.78 is 8.89. The number of pyridine rings is 1. The van der Waals surface area contributed by atoms with Crippen molar-refractivity contribution in [3.63, 3.8) is 0 Å². The number of nitrogens with one attached hydrogen (secondary N) is 2. The second-order valence-electron chi connectivity index (χ2n) is 8.29. The number of benzene rings is 1. The number of anilines is 2. The van der Waals surface area contributed by atoms with Crippen LogP contribution in [0, 0.1) is 0 Å². The number of imidazole rings is 1. The summed E-state index contributed by atoms with van der Waals surface area (Å²) in [5.74, 6) is -0.315. The van der Waals surface area contributed by atoms with Gasteiger partial charge in [0.05, 0.1) is 24.1 Å². The van der Waals surface area contributed by atoms with Crippen LogP contribution in [0.15, 0.2) is 67.3 Å². The molecular weight excluding hydrogens is 408 g/mol. The van der Waals surface area contributed by atoms with Crippen molar-refractivity contribution in [1.82, 2.24) is 19.2 Å². The molecule has 0 fully saturated rings. The van der Waals surface area contributed by atoms with Crippen LogP contribution in [0.5, 0.6) is 0 Å². The molecule has 0 spiro atoms. The molecule has 0 bridgehead atoms. The summed E-state index contributed by atoms with van der Waals surface area (Å²) in [5, 5.41) is 9.75. The van der Waals surface area contributed by atoms with E-state index in [2.05, 4.69) is 20.7 Å². The third kappa shape index (κ3) is 5.31. The fraction of sp³-hybridized carbons (Fsp3) is 0.217. The first-order chi connectivity index (χ1) is 15.2. The van der Waals surface area contributed by atoms with Gasteiger partial charge in [0.25, 0.3) is 5.91 Å². The molecule has 0 saturated carbocycles. The molecule has 0 radical (unpaired) electrons. The highest BCUT2D eigenvalue weighted by atomic mass is 16.6. The molecule has 0 saturated heterocycles. The van der Waals surface area contributed by atoms with Crippen LogP contribution in [0.3, 0.4) is 0 Å². The Bertz CT molecular complexity index is 1230. The summed E-state index contributed by atoms with van der Waals surface area (Å²) in [5.41, 5.74) is 2.54. The highest BCUT2D eigenvalue weighted by Gasteiger charge is 2.17. The number of rotatable bonds is 5. The molecule has 1 aromatic carbocycles. The SMILES string of the molecule is CC(C)(C)OC(=O)Nc1cccc(C(=O)Nc2cnn(Cc3cn4ccccc4n3)c2)c1. The Labute approximate surface area is 185 Å². The molecule has 164 valence electrons. The van der Waals surface area contributed by atoms with Crippen LogP contribution < -0.4 is 10.6 Å². The Kier molecular flexibility index (Phi) is 5.63. The molecular formula is C23H24N6O3. The topological polar surface area (TPSA) is 103 Å². The quantitative estimate of drug-likeness (QED) is 0.493. The summed E-state index contributed by atoms with van der Waals surface area (Å²) in [4.78, 5) is 29.2. The predicted octanol–water partition coefficient (Wildman–Crippen LogP) is 4.18. The molecule has 4 rings (SSSR count). The fourth-order valence-corrected chi connectivity index (χ4v) is 3.11.